The van der Waals surface area contributed by atoms with Crippen molar-refractivity contribution < 1.29 is 24.5 Å². The second-order valence-corrected chi connectivity index (χ2v) is 15.7. The van der Waals surface area contributed by atoms with E-state index in [0.717, 1.165) is 83.5 Å². The van der Waals surface area contributed by atoms with Crippen LogP contribution >= 0.6 is 0 Å². The minimum Gasteiger partial charge on any atom is -0.466 e. The Morgan fingerprint density at radius 3 is 1.33 bits per heavy atom. The molecule has 0 aliphatic rings. The Bertz CT molecular complexity index is 884. The Labute approximate surface area is 334 Å². The van der Waals surface area contributed by atoms with Crippen molar-refractivity contribution in [3.05, 3.63) is 36.5 Å². The van der Waals surface area contributed by atoms with Gasteiger partial charge in [-0.1, -0.05) is 166 Å². The molecule has 1 amide bonds. The molecule has 2 atom stereocenters. The van der Waals surface area contributed by atoms with Crippen LogP contribution < -0.4 is 5.32 Å². The number of rotatable bonds is 42. The summed E-state index contributed by atoms with van der Waals surface area (Å²) in [7, 11) is 0. The summed E-state index contributed by atoms with van der Waals surface area (Å²) in [5, 5.41) is 22.9. The van der Waals surface area contributed by atoms with Crippen LogP contribution in [0.15, 0.2) is 36.5 Å². The maximum absolute atomic E-state index is 12.4. The third kappa shape index (κ3) is 39.8. The van der Waals surface area contributed by atoms with Crippen LogP contribution in [0.3, 0.4) is 0 Å². The predicted octanol–water partition coefficient (Wildman–Crippen LogP) is 13.3. The van der Waals surface area contributed by atoms with Crippen LogP contribution in [0, 0.1) is 0 Å². The molecule has 0 heterocycles. The fourth-order valence-corrected chi connectivity index (χ4v) is 6.74. The average molecular weight is 760 g/mol. The van der Waals surface area contributed by atoms with Crippen molar-refractivity contribution in [1.82, 2.24) is 5.32 Å². The first-order chi connectivity index (χ1) is 26.5. The van der Waals surface area contributed by atoms with Crippen LogP contribution in [0.25, 0.3) is 0 Å². The van der Waals surface area contributed by atoms with E-state index in [1.165, 1.54) is 122 Å². The van der Waals surface area contributed by atoms with E-state index < -0.39 is 12.1 Å². The lowest BCUT2D eigenvalue weighted by Crippen LogP contribution is -2.45. The van der Waals surface area contributed by atoms with Crippen molar-refractivity contribution in [2.75, 3.05) is 13.2 Å². The normalized spacial score (nSPS) is 13.0. The lowest BCUT2D eigenvalue weighted by atomic mass is 10.1. The molecular weight excluding hydrogens is 671 g/mol. The highest BCUT2D eigenvalue weighted by molar-refractivity contribution is 5.76. The Morgan fingerprint density at radius 2 is 0.870 bits per heavy atom. The van der Waals surface area contributed by atoms with Gasteiger partial charge in [0, 0.05) is 12.8 Å². The Hall–Kier alpha value is -1.92. The van der Waals surface area contributed by atoms with Crippen molar-refractivity contribution in [3.63, 3.8) is 0 Å². The fraction of sp³-hybridized carbons (Fsp3) is 0.833. The van der Waals surface area contributed by atoms with Crippen molar-refractivity contribution in [1.29, 1.82) is 0 Å². The second-order valence-electron chi connectivity index (χ2n) is 15.7. The molecule has 0 saturated carbocycles. The van der Waals surface area contributed by atoms with Gasteiger partial charge in [0.15, 0.2) is 0 Å². The van der Waals surface area contributed by atoms with Gasteiger partial charge in [-0.15, -0.1) is 0 Å². The van der Waals surface area contributed by atoms with E-state index in [1.807, 2.05) is 6.08 Å². The molecule has 0 spiro atoms. The number of carbonyl (C=O) groups excluding carboxylic acids is 2. The highest BCUT2D eigenvalue weighted by Crippen LogP contribution is 2.13. The van der Waals surface area contributed by atoms with Crippen LogP contribution in [-0.2, 0) is 14.3 Å². The van der Waals surface area contributed by atoms with Gasteiger partial charge in [0.25, 0.3) is 0 Å². The number of unbranched alkanes of at least 4 members (excludes halogenated alkanes) is 27. The molecule has 0 aliphatic carbocycles. The first-order valence-corrected chi connectivity index (χ1v) is 23.3. The molecule has 2 unspecified atom stereocenters. The molecule has 0 bridgehead atoms. The maximum atomic E-state index is 12.4. The van der Waals surface area contributed by atoms with Crippen LogP contribution in [0.4, 0.5) is 0 Å². The summed E-state index contributed by atoms with van der Waals surface area (Å²) < 4.78 is 5.42. The quantitative estimate of drug-likeness (QED) is 0.0327. The van der Waals surface area contributed by atoms with E-state index in [0.29, 0.717) is 19.4 Å². The third-order valence-electron chi connectivity index (χ3n) is 10.4. The number of ether oxygens (including phenoxy) is 1. The Kier molecular flexibility index (Phi) is 42.2. The molecule has 0 fully saturated rings. The van der Waals surface area contributed by atoms with E-state index >= 15 is 0 Å². The predicted molar refractivity (Wildman–Crippen MR) is 232 cm³/mol. The van der Waals surface area contributed by atoms with Crippen LogP contribution in [0.2, 0.25) is 0 Å². The Balaban J connectivity index is 3.56. The summed E-state index contributed by atoms with van der Waals surface area (Å²) in [6.07, 6.45) is 51.3. The van der Waals surface area contributed by atoms with E-state index in [2.05, 4.69) is 43.5 Å². The van der Waals surface area contributed by atoms with Gasteiger partial charge in [0.1, 0.15) is 0 Å². The number of amides is 1. The number of allylic oxidation sites excluding steroid dienone is 5. The van der Waals surface area contributed by atoms with E-state index in [9.17, 15) is 19.8 Å². The molecular formula is C48H89NO5. The number of aliphatic hydroxyl groups excluding tert-OH is 2. The number of hydrogen-bond acceptors (Lipinski definition) is 5. The van der Waals surface area contributed by atoms with Crippen molar-refractivity contribution in [2.24, 2.45) is 0 Å². The van der Waals surface area contributed by atoms with E-state index in [1.54, 1.807) is 6.08 Å². The summed E-state index contributed by atoms with van der Waals surface area (Å²) in [5.41, 5.74) is 0. The molecule has 6 nitrogen and oxygen atoms in total. The minimum absolute atomic E-state index is 0.0348. The molecule has 0 rings (SSSR count). The Morgan fingerprint density at radius 1 is 0.500 bits per heavy atom. The van der Waals surface area contributed by atoms with Crippen molar-refractivity contribution in [3.8, 4) is 0 Å². The summed E-state index contributed by atoms with van der Waals surface area (Å²) in [6, 6.07) is -0.645. The van der Waals surface area contributed by atoms with Gasteiger partial charge in [-0.05, 0) is 89.9 Å². The van der Waals surface area contributed by atoms with Crippen LogP contribution in [0.1, 0.15) is 232 Å². The van der Waals surface area contributed by atoms with Crippen molar-refractivity contribution >= 4 is 11.9 Å². The zero-order valence-corrected chi connectivity index (χ0v) is 35.7. The SMILES string of the molecule is CCCCCC/C=C\CCCCCCCC(=O)OCCCCC/C=C\CCCCCCCC(=O)NC(CO)C(O)/C=C/CCCCCCCCCCCC. The number of carbonyl (C=O) groups is 2. The van der Waals surface area contributed by atoms with Gasteiger partial charge in [0.2, 0.25) is 5.91 Å². The molecule has 0 aromatic rings. The van der Waals surface area contributed by atoms with Gasteiger partial charge in [-0.25, -0.2) is 0 Å². The monoisotopic (exact) mass is 760 g/mol. The highest BCUT2D eigenvalue weighted by atomic mass is 16.5. The standard InChI is InChI=1S/C48H89NO5/c1-3-5-7-9-11-13-15-17-22-26-30-34-38-42-48(53)54-43-39-35-31-27-23-19-18-21-25-29-33-37-41-47(52)49-45(44-50)46(51)40-36-32-28-24-20-16-14-12-10-8-6-4-2/h13,15,19,23,36,40,45-46,50-51H,3-12,14,16-18,20-22,24-35,37-39,41-44H2,1-2H3,(H,49,52)/b15-13-,23-19-,40-36+. The van der Waals surface area contributed by atoms with Crippen LogP contribution in [-0.4, -0.2) is 47.4 Å². The van der Waals surface area contributed by atoms with Gasteiger partial charge in [0.05, 0.1) is 25.4 Å². The molecule has 0 radical (unpaired) electrons. The minimum atomic E-state index is -0.859. The first kappa shape index (κ1) is 52.1. The number of hydrogen-bond donors (Lipinski definition) is 3. The van der Waals surface area contributed by atoms with Gasteiger partial charge < -0.3 is 20.3 Å². The maximum Gasteiger partial charge on any atom is 0.305 e. The first-order valence-electron chi connectivity index (χ1n) is 23.3. The largest absolute Gasteiger partial charge is 0.466 e. The lowest BCUT2D eigenvalue weighted by molar-refractivity contribution is -0.143. The molecule has 0 saturated heterocycles. The molecule has 0 aliphatic heterocycles. The average Bonchev–Trinajstić information content (AvgIpc) is 3.17. The topological polar surface area (TPSA) is 95.9 Å². The van der Waals surface area contributed by atoms with Gasteiger partial charge in [-0.3, -0.25) is 9.59 Å². The lowest BCUT2D eigenvalue weighted by Gasteiger charge is -2.20. The second kappa shape index (κ2) is 43.8. The molecule has 3 N–H and O–H groups in total. The number of aliphatic hydroxyl groups is 2. The third-order valence-corrected chi connectivity index (χ3v) is 10.4. The van der Waals surface area contributed by atoms with Gasteiger partial charge >= 0.3 is 5.97 Å². The highest BCUT2D eigenvalue weighted by Gasteiger charge is 2.18. The van der Waals surface area contributed by atoms with Crippen molar-refractivity contribution in [2.45, 2.75) is 244 Å². The summed E-state index contributed by atoms with van der Waals surface area (Å²) in [6.45, 7) is 4.80. The summed E-state index contributed by atoms with van der Waals surface area (Å²) >= 11 is 0. The fourth-order valence-electron chi connectivity index (χ4n) is 6.74. The summed E-state index contributed by atoms with van der Waals surface area (Å²) in [5.74, 6) is -0.131. The molecule has 54 heavy (non-hydrogen) atoms. The van der Waals surface area contributed by atoms with E-state index in [-0.39, 0.29) is 18.5 Å². The zero-order chi connectivity index (χ0) is 39.4. The smallest absolute Gasteiger partial charge is 0.305 e. The summed E-state index contributed by atoms with van der Waals surface area (Å²) in [4.78, 5) is 24.3. The van der Waals surface area contributed by atoms with Gasteiger partial charge in [-0.2, -0.15) is 0 Å². The zero-order valence-electron chi connectivity index (χ0n) is 35.7. The van der Waals surface area contributed by atoms with E-state index in [4.69, 9.17) is 4.74 Å². The number of nitrogens with one attached hydrogen (secondary N) is 1. The molecule has 316 valence electrons. The molecule has 6 heteroatoms. The number of esters is 1. The van der Waals surface area contributed by atoms with Crippen LogP contribution in [0.5, 0.6) is 0 Å². The molecule has 0 aromatic heterocycles. The molecule has 0 aromatic carbocycles.